The molecule has 0 fully saturated rings. The minimum atomic E-state index is 0.691. The smallest absolute Gasteiger partial charge is 0.197 e. The summed E-state index contributed by atoms with van der Waals surface area (Å²) in [6, 6.07) is 5.82. The molecule has 0 bridgehead atoms. The number of nitrogens with zero attached hydrogens (tertiary/aromatic N) is 6. The molecule has 0 aromatic carbocycles. The van der Waals surface area contributed by atoms with Gasteiger partial charge in [0.1, 0.15) is 15.6 Å². The molecule has 5 heterocycles. The van der Waals surface area contributed by atoms with E-state index in [1.54, 1.807) is 41.8 Å². The first-order valence-corrected chi connectivity index (χ1v) is 11.7. The number of fused-ring (bicyclic) bond motifs is 3. The maximum Gasteiger partial charge on any atom is 0.197 e. The molecule has 0 amide bonds. The van der Waals surface area contributed by atoms with Crippen LogP contribution < -0.4 is 0 Å². The number of furan rings is 1. The van der Waals surface area contributed by atoms with E-state index >= 15 is 0 Å². The van der Waals surface area contributed by atoms with E-state index in [0.29, 0.717) is 5.82 Å². The van der Waals surface area contributed by atoms with Crippen molar-refractivity contribution in [3.05, 3.63) is 53.1 Å². The van der Waals surface area contributed by atoms with Crippen LogP contribution in [0.25, 0.3) is 33.0 Å². The fourth-order valence-electron chi connectivity index (χ4n) is 4.00. The van der Waals surface area contributed by atoms with Gasteiger partial charge in [-0.05, 0) is 61.7 Å². The molecule has 9 heteroatoms. The number of rotatable bonds is 4. The zero-order valence-corrected chi connectivity index (χ0v) is 18.6. The number of thiophene rings is 1. The number of pyridine rings is 1. The molecule has 7 nitrogen and oxygen atoms in total. The standard InChI is InChI=1S/C22H18N6OS2/c1-12-14(8-10-29-12)19-26-27-22(28(19)2)31-21-17-15-6-3-7-16(15)30-20(17)24-18(25-21)13-5-4-9-23-11-13/h4-5,8-11H,3,6-7H2,1-2H3. The Morgan fingerprint density at radius 1 is 1.16 bits per heavy atom. The summed E-state index contributed by atoms with van der Waals surface area (Å²) in [5.74, 6) is 2.30. The van der Waals surface area contributed by atoms with Gasteiger partial charge in [-0.1, -0.05) is 0 Å². The Balaban J connectivity index is 1.49. The summed E-state index contributed by atoms with van der Waals surface area (Å²) >= 11 is 3.33. The molecule has 31 heavy (non-hydrogen) atoms. The lowest BCUT2D eigenvalue weighted by Crippen LogP contribution is -1.97. The van der Waals surface area contributed by atoms with Crippen molar-refractivity contribution in [2.45, 2.75) is 36.4 Å². The predicted molar refractivity (Wildman–Crippen MR) is 120 cm³/mol. The molecule has 0 spiro atoms. The molecule has 154 valence electrons. The monoisotopic (exact) mass is 446 g/mol. The predicted octanol–water partition coefficient (Wildman–Crippen LogP) is 5.09. The largest absolute Gasteiger partial charge is 0.469 e. The van der Waals surface area contributed by atoms with E-state index < -0.39 is 0 Å². The van der Waals surface area contributed by atoms with E-state index in [1.165, 1.54) is 22.2 Å². The van der Waals surface area contributed by atoms with Crippen molar-refractivity contribution in [2.24, 2.45) is 7.05 Å². The van der Waals surface area contributed by atoms with E-state index in [0.717, 1.165) is 50.6 Å². The van der Waals surface area contributed by atoms with Crippen molar-refractivity contribution >= 4 is 33.3 Å². The van der Waals surface area contributed by atoms with Gasteiger partial charge in [0.25, 0.3) is 0 Å². The van der Waals surface area contributed by atoms with Crippen LogP contribution in [0, 0.1) is 6.92 Å². The highest BCUT2D eigenvalue weighted by atomic mass is 32.2. The third kappa shape index (κ3) is 3.07. The summed E-state index contributed by atoms with van der Waals surface area (Å²) in [6.45, 7) is 1.93. The summed E-state index contributed by atoms with van der Waals surface area (Å²) in [6.07, 6.45) is 8.64. The van der Waals surface area contributed by atoms with E-state index in [1.807, 2.05) is 36.7 Å². The molecular weight excluding hydrogens is 428 g/mol. The second kappa shape index (κ2) is 7.28. The zero-order chi connectivity index (χ0) is 20.9. The van der Waals surface area contributed by atoms with Gasteiger partial charge in [0.05, 0.1) is 11.8 Å². The van der Waals surface area contributed by atoms with Gasteiger partial charge in [0.2, 0.25) is 0 Å². The summed E-state index contributed by atoms with van der Waals surface area (Å²) in [4.78, 5) is 16.6. The van der Waals surface area contributed by atoms with Gasteiger partial charge in [0, 0.05) is 35.3 Å². The topological polar surface area (TPSA) is 82.5 Å². The number of aromatic nitrogens is 6. The molecule has 0 atom stereocenters. The van der Waals surface area contributed by atoms with Crippen molar-refractivity contribution in [3.8, 4) is 22.8 Å². The minimum absolute atomic E-state index is 0.691. The maximum atomic E-state index is 5.45. The van der Waals surface area contributed by atoms with E-state index in [2.05, 4.69) is 15.2 Å². The number of aryl methyl sites for hydroxylation is 3. The van der Waals surface area contributed by atoms with Crippen LogP contribution in [0.2, 0.25) is 0 Å². The maximum absolute atomic E-state index is 5.45. The fraction of sp³-hybridized carbons (Fsp3) is 0.227. The first kappa shape index (κ1) is 18.7. The number of hydrogen-bond donors (Lipinski definition) is 0. The Morgan fingerprint density at radius 2 is 2.10 bits per heavy atom. The average Bonchev–Trinajstić information content (AvgIpc) is 3.54. The zero-order valence-electron chi connectivity index (χ0n) is 17.0. The third-order valence-electron chi connectivity index (χ3n) is 5.57. The van der Waals surface area contributed by atoms with Gasteiger partial charge in [-0.15, -0.1) is 21.5 Å². The van der Waals surface area contributed by atoms with Crippen molar-refractivity contribution in [1.29, 1.82) is 0 Å². The Kier molecular flexibility index (Phi) is 4.39. The van der Waals surface area contributed by atoms with Crippen molar-refractivity contribution in [3.63, 3.8) is 0 Å². The van der Waals surface area contributed by atoms with Crippen molar-refractivity contribution < 1.29 is 4.42 Å². The van der Waals surface area contributed by atoms with Crippen LogP contribution in [0.15, 0.2) is 51.5 Å². The Hall–Kier alpha value is -3.04. The molecule has 1 aliphatic carbocycles. The highest BCUT2D eigenvalue weighted by molar-refractivity contribution is 7.99. The van der Waals surface area contributed by atoms with Crippen LogP contribution in [0.3, 0.4) is 0 Å². The Labute approximate surface area is 186 Å². The molecule has 0 radical (unpaired) electrons. The lowest BCUT2D eigenvalue weighted by Gasteiger charge is -2.07. The molecule has 0 saturated carbocycles. The summed E-state index contributed by atoms with van der Waals surface area (Å²) in [5, 5.41) is 11.8. The number of hydrogen-bond acceptors (Lipinski definition) is 8. The van der Waals surface area contributed by atoms with E-state index in [-0.39, 0.29) is 0 Å². The van der Waals surface area contributed by atoms with Gasteiger partial charge >= 0.3 is 0 Å². The highest BCUT2D eigenvalue weighted by Crippen LogP contribution is 2.43. The van der Waals surface area contributed by atoms with E-state index in [9.17, 15) is 0 Å². The first-order valence-electron chi connectivity index (χ1n) is 10.0. The second-order valence-corrected chi connectivity index (χ2v) is 9.53. The van der Waals surface area contributed by atoms with Gasteiger partial charge in [-0.3, -0.25) is 4.98 Å². The molecular formula is C22H18N6OS2. The molecule has 0 N–H and O–H groups in total. The highest BCUT2D eigenvalue weighted by Gasteiger charge is 2.25. The third-order valence-corrected chi connectivity index (χ3v) is 7.79. The SMILES string of the molecule is Cc1occc1-c1nnc(Sc2nc(-c3cccnc3)nc3sc4c(c23)CCC4)n1C. The normalized spacial score (nSPS) is 13.2. The first-order chi connectivity index (χ1) is 15.2. The van der Waals surface area contributed by atoms with E-state index in [4.69, 9.17) is 14.4 Å². The van der Waals surface area contributed by atoms with Gasteiger partial charge in [0.15, 0.2) is 16.8 Å². The molecule has 0 unspecified atom stereocenters. The molecule has 1 aliphatic rings. The van der Waals surface area contributed by atoms with Crippen LogP contribution in [-0.4, -0.2) is 29.7 Å². The summed E-state index contributed by atoms with van der Waals surface area (Å²) < 4.78 is 7.44. The summed E-state index contributed by atoms with van der Waals surface area (Å²) in [7, 11) is 1.97. The van der Waals surface area contributed by atoms with Crippen LogP contribution in [0.4, 0.5) is 0 Å². The van der Waals surface area contributed by atoms with Crippen LogP contribution in [-0.2, 0) is 19.9 Å². The van der Waals surface area contributed by atoms with Crippen LogP contribution in [0.1, 0.15) is 22.6 Å². The molecule has 0 saturated heterocycles. The minimum Gasteiger partial charge on any atom is -0.469 e. The Morgan fingerprint density at radius 3 is 2.90 bits per heavy atom. The molecule has 5 aromatic heterocycles. The van der Waals surface area contributed by atoms with Crippen LogP contribution in [0.5, 0.6) is 0 Å². The molecule has 6 rings (SSSR count). The summed E-state index contributed by atoms with van der Waals surface area (Å²) in [5.41, 5.74) is 3.25. The van der Waals surface area contributed by atoms with Crippen molar-refractivity contribution in [2.75, 3.05) is 0 Å². The lowest BCUT2D eigenvalue weighted by atomic mass is 10.2. The second-order valence-electron chi connectivity index (χ2n) is 7.49. The molecule has 0 aliphatic heterocycles. The fourth-order valence-corrected chi connectivity index (χ4v) is 6.26. The van der Waals surface area contributed by atoms with Crippen LogP contribution >= 0.6 is 23.1 Å². The lowest BCUT2D eigenvalue weighted by molar-refractivity contribution is 0.534. The quantitative estimate of drug-likeness (QED) is 0.356. The van der Waals surface area contributed by atoms with Gasteiger partial charge in [-0.25, -0.2) is 9.97 Å². The van der Waals surface area contributed by atoms with Crippen molar-refractivity contribution in [1.82, 2.24) is 29.7 Å². The average molecular weight is 447 g/mol. The van der Waals surface area contributed by atoms with Gasteiger partial charge < -0.3 is 8.98 Å². The Bertz CT molecular complexity index is 1420. The molecule has 5 aromatic rings. The van der Waals surface area contributed by atoms with Gasteiger partial charge in [-0.2, -0.15) is 0 Å².